The Balaban J connectivity index is 2.51. The number of hydrogen-bond acceptors (Lipinski definition) is 5. The summed E-state index contributed by atoms with van der Waals surface area (Å²) in [6, 6.07) is 1.52. The first-order chi connectivity index (χ1) is 7.49. The molecule has 0 radical (unpaired) electrons. The molecule has 0 saturated carbocycles. The molecule has 0 bridgehead atoms. The van der Waals surface area contributed by atoms with Crippen LogP contribution in [0.4, 0.5) is 10.5 Å². The Kier molecular flexibility index (Phi) is 4.19. The number of aromatic nitrogens is 1. The smallest absolute Gasteiger partial charge is 0.404 e. The van der Waals surface area contributed by atoms with Crippen LogP contribution in [0.25, 0.3) is 0 Å². The molecule has 0 fully saturated rings. The quantitative estimate of drug-likeness (QED) is 0.830. The van der Waals surface area contributed by atoms with Crippen LogP contribution >= 0.6 is 11.6 Å². The molecule has 0 aliphatic carbocycles. The van der Waals surface area contributed by atoms with Gasteiger partial charge in [0, 0.05) is 6.20 Å². The summed E-state index contributed by atoms with van der Waals surface area (Å²) in [5.41, 5.74) is 10.8. The maximum absolute atomic E-state index is 10.4. The number of pyridine rings is 1. The van der Waals surface area contributed by atoms with E-state index in [0.717, 1.165) is 0 Å². The van der Waals surface area contributed by atoms with Crippen LogP contribution in [-0.4, -0.2) is 23.8 Å². The Morgan fingerprint density at radius 1 is 1.69 bits per heavy atom. The first-order valence-electron chi connectivity index (χ1n) is 4.49. The van der Waals surface area contributed by atoms with Crippen molar-refractivity contribution in [1.29, 1.82) is 0 Å². The van der Waals surface area contributed by atoms with Crippen LogP contribution in [0, 0.1) is 0 Å². The van der Waals surface area contributed by atoms with E-state index in [2.05, 4.69) is 9.72 Å². The average Bonchev–Trinajstić information content (AvgIpc) is 2.15. The predicted octanol–water partition coefficient (Wildman–Crippen LogP) is 1.18. The van der Waals surface area contributed by atoms with Gasteiger partial charge in [-0.2, -0.15) is 0 Å². The predicted molar refractivity (Wildman–Crippen MR) is 59.3 cm³/mol. The molecular formula is C9H12ClN3O3. The van der Waals surface area contributed by atoms with Crippen molar-refractivity contribution in [2.45, 2.75) is 13.0 Å². The van der Waals surface area contributed by atoms with Crippen molar-refractivity contribution < 1.29 is 14.3 Å². The van der Waals surface area contributed by atoms with Crippen molar-refractivity contribution in [3.63, 3.8) is 0 Å². The third kappa shape index (κ3) is 3.82. The third-order valence-corrected chi connectivity index (χ3v) is 1.82. The first-order valence-corrected chi connectivity index (χ1v) is 4.86. The van der Waals surface area contributed by atoms with Crippen molar-refractivity contribution in [2.24, 2.45) is 5.73 Å². The summed E-state index contributed by atoms with van der Waals surface area (Å²) in [7, 11) is 0. The Bertz CT molecular complexity index is 386. The lowest BCUT2D eigenvalue weighted by Crippen LogP contribution is -2.25. The van der Waals surface area contributed by atoms with E-state index in [-0.39, 0.29) is 12.5 Å². The molecule has 0 saturated heterocycles. The van der Waals surface area contributed by atoms with Gasteiger partial charge in [0.15, 0.2) is 0 Å². The SMILES string of the molecule is C[C@@H](COc1ncc(Cl)cc1N)OC(N)=O. The van der Waals surface area contributed by atoms with Gasteiger partial charge in [0.2, 0.25) is 5.88 Å². The maximum atomic E-state index is 10.4. The van der Waals surface area contributed by atoms with Crippen LogP contribution in [0.3, 0.4) is 0 Å². The van der Waals surface area contributed by atoms with E-state index in [0.29, 0.717) is 10.7 Å². The number of primary amides is 1. The summed E-state index contributed by atoms with van der Waals surface area (Å²) in [4.78, 5) is 14.3. The van der Waals surface area contributed by atoms with Crippen LogP contribution in [0.1, 0.15) is 6.92 Å². The molecule has 1 atom stereocenters. The Morgan fingerprint density at radius 2 is 2.38 bits per heavy atom. The highest BCUT2D eigenvalue weighted by atomic mass is 35.5. The number of amides is 1. The highest BCUT2D eigenvalue weighted by Crippen LogP contribution is 2.21. The number of nitrogens with zero attached hydrogens (tertiary/aromatic N) is 1. The van der Waals surface area contributed by atoms with Gasteiger partial charge >= 0.3 is 6.09 Å². The average molecular weight is 246 g/mol. The third-order valence-electron chi connectivity index (χ3n) is 1.62. The van der Waals surface area contributed by atoms with Crippen molar-refractivity contribution >= 4 is 23.4 Å². The standard InChI is InChI=1S/C9H12ClN3O3/c1-5(16-9(12)14)4-15-8-7(11)2-6(10)3-13-8/h2-3,5H,4,11H2,1H3,(H2,12,14)/t5-/m0/s1. The molecular weight excluding hydrogens is 234 g/mol. The monoisotopic (exact) mass is 245 g/mol. The number of rotatable bonds is 4. The summed E-state index contributed by atoms with van der Waals surface area (Å²) < 4.78 is 9.88. The normalized spacial score (nSPS) is 11.9. The van der Waals surface area contributed by atoms with Crippen LogP contribution in [0.5, 0.6) is 5.88 Å². The van der Waals surface area contributed by atoms with E-state index in [1.807, 2.05) is 0 Å². The molecule has 0 aliphatic heterocycles. The van der Waals surface area contributed by atoms with Crippen LogP contribution < -0.4 is 16.2 Å². The van der Waals surface area contributed by atoms with Gasteiger partial charge in [-0.05, 0) is 13.0 Å². The van der Waals surface area contributed by atoms with E-state index in [4.69, 9.17) is 27.8 Å². The lowest BCUT2D eigenvalue weighted by Gasteiger charge is -2.13. The molecule has 88 valence electrons. The number of nitrogens with two attached hydrogens (primary N) is 2. The first kappa shape index (κ1) is 12.4. The molecule has 1 aromatic rings. The minimum Gasteiger partial charge on any atom is -0.472 e. The van der Waals surface area contributed by atoms with Crippen LogP contribution in [0.15, 0.2) is 12.3 Å². The van der Waals surface area contributed by atoms with Crippen LogP contribution in [0.2, 0.25) is 5.02 Å². The fourth-order valence-corrected chi connectivity index (χ4v) is 1.16. The minimum absolute atomic E-state index is 0.113. The molecule has 16 heavy (non-hydrogen) atoms. The highest BCUT2D eigenvalue weighted by Gasteiger charge is 2.09. The largest absolute Gasteiger partial charge is 0.472 e. The summed E-state index contributed by atoms with van der Waals surface area (Å²) >= 11 is 5.66. The number of anilines is 1. The van der Waals surface area contributed by atoms with Gasteiger partial charge in [0.25, 0.3) is 0 Å². The zero-order valence-corrected chi connectivity index (χ0v) is 9.40. The van der Waals surface area contributed by atoms with Gasteiger partial charge < -0.3 is 20.9 Å². The molecule has 1 heterocycles. The number of halogens is 1. The Hall–Kier alpha value is -1.69. The molecule has 0 spiro atoms. The second kappa shape index (κ2) is 5.41. The number of hydrogen-bond donors (Lipinski definition) is 2. The fourth-order valence-electron chi connectivity index (χ4n) is 0.992. The van der Waals surface area contributed by atoms with E-state index < -0.39 is 12.2 Å². The number of carbonyl (C=O) groups excluding carboxylic acids is 1. The summed E-state index contributed by atoms with van der Waals surface area (Å²) in [6.07, 6.45) is 0.0786. The second-order valence-electron chi connectivity index (χ2n) is 3.11. The van der Waals surface area contributed by atoms with Gasteiger partial charge in [-0.15, -0.1) is 0 Å². The zero-order valence-electron chi connectivity index (χ0n) is 8.64. The molecule has 0 aromatic carbocycles. The maximum Gasteiger partial charge on any atom is 0.404 e. The van der Waals surface area contributed by atoms with Gasteiger partial charge in [0.05, 0.1) is 10.7 Å². The van der Waals surface area contributed by atoms with E-state index >= 15 is 0 Å². The molecule has 7 heteroatoms. The van der Waals surface area contributed by atoms with Gasteiger partial charge in [-0.25, -0.2) is 9.78 Å². The molecule has 1 rings (SSSR count). The molecule has 1 amide bonds. The van der Waals surface area contributed by atoms with Gasteiger partial charge in [0.1, 0.15) is 12.7 Å². The molecule has 0 unspecified atom stereocenters. The fraction of sp³-hybridized carbons (Fsp3) is 0.333. The number of carbonyl (C=O) groups is 1. The number of ether oxygens (including phenoxy) is 2. The lowest BCUT2D eigenvalue weighted by atomic mass is 10.4. The van der Waals surface area contributed by atoms with Crippen molar-refractivity contribution in [3.05, 3.63) is 17.3 Å². The van der Waals surface area contributed by atoms with Gasteiger partial charge in [-0.1, -0.05) is 11.6 Å². The van der Waals surface area contributed by atoms with Gasteiger partial charge in [-0.3, -0.25) is 0 Å². The number of nitrogen functional groups attached to an aromatic ring is 1. The Morgan fingerprint density at radius 3 is 2.94 bits per heavy atom. The van der Waals surface area contributed by atoms with E-state index in [1.165, 1.54) is 12.3 Å². The minimum atomic E-state index is -0.854. The van der Waals surface area contributed by atoms with Crippen molar-refractivity contribution in [2.75, 3.05) is 12.3 Å². The van der Waals surface area contributed by atoms with E-state index in [9.17, 15) is 4.79 Å². The van der Waals surface area contributed by atoms with Crippen molar-refractivity contribution in [3.8, 4) is 5.88 Å². The summed E-state index contributed by atoms with van der Waals surface area (Å²) in [6.45, 7) is 1.75. The van der Waals surface area contributed by atoms with E-state index in [1.54, 1.807) is 6.92 Å². The molecule has 1 aromatic heterocycles. The van der Waals surface area contributed by atoms with Crippen LogP contribution in [-0.2, 0) is 4.74 Å². The lowest BCUT2D eigenvalue weighted by molar-refractivity contribution is 0.0811. The molecule has 6 nitrogen and oxygen atoms in total. The summed E-state index contributed by atoms with van der Waals surface area (Å²) in [5, 5.41) is 0.422. The van der Waals surface area contributed by atoms with Crippen molar-refractivity contribution in [1.82, 2.24) is 4.98 Å². The highest BCUT2D eigenvalue weighted by molar-refractivity contribution is 6.30. The Labute approximate surface area is 97.5 Å². The molecule has 4 N–H and O–H groups in total. The molecule has 0 aliphatic rings. The topological polar surface area (TPSA) is 100 Å². The zero-order chi connectivity index (χ0) is 12.1. The second-order valence-corrected chi connectivity index (χ2v) is 3.54. The summed E-state index contributed by atoms with van der Waals surface area (Å²) in [5.74, 6) is 0.240.